The van der Waals surface area contributed by atoms with Crippen molar-refractivity contribution in [3.8, 4) is 11.1 Å². The van der Waals surface area contributed by atoms with Crippen LogP contribution in [0.2, 0.25) is 0 Å². The Hall–Kier alpha value is -1.89. The zero-order chi connectivity index (χ0) is 17.9. The van der Waals surface area contributed by atoms with E-state index in [4.69, 9.17) is 0 Å². The number of aromatic nitrogens is 2. The number of nitrogens with one attached hydrogen (secondary N) is 1. The zero-order valence-electron chi connectivity index (χ0n) is 13.8. The average molecular weight is 355 g/mol. The Labute approximate surface area is 144 Å². The minimum absolute atomic E-state index is 0.146. The molecule has 1 aliphatic rings. The Morgan fingerprint density at radius 3 is 2.64 bits per heavy atom. The highest BCUT2D eigenvalue weighted by molar-refractivity contribution is 5.65. The van der Waals surface area contributed by atoms with Crippen LogP contribution in [0.1, 0.15) is 37.3 Å². The van der Waals surface area contributed by atoms with Crippen molar-refractivity contribution in [2.45, 2.75) is 37.8 Å². The maximum atomic E-state index is 13.5. The standard InChI is InChI=1S/C18H21F4N3/c19-15-4-1-3-14(11-15)16-12-23-24-17(16)13-5-9-25(10-6-13)8-2-7-18(20,21)22/h1,3-4,11-13H,2,5-10H2,(H,23,24). The molecule has 1 aliphatic heterocycles. The minimum atomic E-state index is -4.08. The third-order valence-electron chi connectivity index (χ3n) is 4.73. The van der Waals surface area contributed by atoms with Crippen molar-refractivity contribution in [2.24, 2.45) is 0 Å². The highest BCUT2D eigenvalue weighted by Crippen LogP contribution is 2.34. The molecule has 0 amide bonds. The smallest absolute Gasteiger partial charge is 0.303 e. The topological polar surface area (TPSA) is 31.9 Å². The second-order valence-corrected chi connectivity index (χ2v) is 6.54. The van der Waals surface area contributed by atoms with Gasteiger partial charge in [-0.05, 0) is 56.6 Å². The summed E-state index contributed by atoms with van der Waals surface area (Å²) in [7, 11) is 0. The monoisotopic (exact) mass is 355 g/mol. The van der Waals surface area contributed by atoms with Crippen LogP contribution in [0.15, 0.2) is 30.5 Å². The lowest BCUT2D eigenvalue weighted by molar-refractivity contribution is -0.136. The van der Waals surface area contributed by atoms with E-state index in [1.54, 1.807) is 12.3 Å². The Kier molecular flexibility index (Phi) is 5.42. The van der Waals surface area contributed by atoms with Gasteiger partial charge in [-0.15, -0.1) is 0 Å². The zero-order valence-corrected chi connectivity index (χ0v) is 13.8. The number of benzene rings is 1. The summed E-state index contributed by atoms with van der Waals surface area (Å²) in [5.74, 6) is -0.0243. The van der Waals surface area contributed by atoms with Crippen molar-refractivity contribution in [2.75, 3.05) is 19.6 Å². The predicted octanol–water partition coefficient (Wildman–Crippen LogP) is 4.74. The van der Waals surface area contributed by atoms with E-state index in [-0.39, 0.29) is 18.2 Å². The molecule has 1 fully saturated rings. The molecule has 1 N–H and O–H groups in total. The lowest BCUT2D eigenvalue weighted by Crippen LogP contribution is -2.34. The number of nitrogens with zero attached hydrogens (tertiary/aromatic N) is 2. The molecule has 25 heavy (non-hydrogen) atoms. The Morgan fingerprint density at radius 2 is 1.96 bits per heavy atom. The molecule has 2 heterocycles. The number of piperidine rings is 1. The first-order chi connectivity index (χ1) is 11.9. The summed E-state index contributed by atoms with van der Waals surface area (Å²) >= 11 is 0. The van der Waals surface area contributed by atoms with E-state index in [1.165, 1.54) is 12.1 Å². The Bertz CT molecular complexity index is 688. The van der Waals surface area contributed by atoms with E-state index in [2.05, 4.69) is 15.1 Å². The molecule has 7 heteroatoms. The number of hydrogen-bond donors (Lipinski definition) is 1. The fourth-order valence-electron chi connectivity index (χ4n) is 3.44. The molecule has 0 unspecified atom stereocenters. The first kappa shape index (κ1) is 17.9. The van der Waals surface area contributed by atoms with Gasteiger partial charge in [-0.2, -0.15) is 18.3 Å². The van der Waals surface area contributed by atoms with Crippen LogP contribution in [0.3, 0.4) is 0 Å². The van der Waals surface area contributed by atoms with E-state index in [1.807, 2.05) is 6.07 Å². The minimum Gasteiger partial charge on any atom is -0.303 e. The lowest BCUT2D eigenvalue weighted by Gasteiger charge is -2.32. The molecule has 0 atom stereocenters. The van der Waals surface area contributed by atoms with Crippen LogP contribution in [-0.2, 0) is 0 Å². The molecule has 1 saturated heterocycles. The van der Waals surface area contributed by atoms with Gasteiger partial charge in [0.15, 0.2) is 0 Å². The summed E-state index contributed by atoms with van der Waals surface area (Å²) in [6.07, 6.45) is -1.23. The van der Waals surface area contributed by atoms with Crippen molar-refractivity contribution < 1.29 is 17.6 Å². The van der Waals surface area contributed by atoms with E-state index in [0.717, 1.165) is 42.8 Å². The van der Waals surface area contributed by atoms with Crippen LogP contribution in [0.5, 0.6) is 0 Å². The lowest BCUT2D eigenvalue weighted by atomic mass is 9.89. The van der Waals surface area contributed by atoms with Crippen LogP contribution in [-0.4, -0.2) is 40.9 Å². The molecule has 1 aromatic heterocycles. The number of rotatable bonds is 5. The van der Waals surface area contributed by atoms with Gasteiger partial charge in [0.05, 0.1) is 6.20 Å². The summed E-state index contributed by atoms with van der Waals surface area (Å²) in [5.41, 5.74) is 2.67. The second kappa shape index (κ2) is 7.56. The Balaban J connectivity index is 1.58. The van der Waals surface area contributed by atoms with Crippen molar-refractivity contribution in [3.05, 3.63) is 42.0 Å². The summed E-state index contributed by atoms with van der Waals surface area (Å²) in [6, 6.07) is 6.41. The second-order valence-electron chi connectivity index (χ2n) is 6.54. The fourth-order valence-corrected chi connectivity index (χ4v) is 3.44. The molecule has 0 aliphatic carbocycles. The Morgan fingerprint density at radius 1 is 1.20 bits per heavy atom. The SMILES string of the molecule is Fc1cccc(-c2cn[nH]c2C2CCN(CCCC(F)(F)F)CC2)c1. The maximum absolute atomic E-state index is 13.5. The number of alkyl halides is 3. The van der Waals surface area contributed by atoms with Crippen LogP contribution < -0.4 is 0 Å². The molecule has 1 aromatic carbocycles. The normalized spacial score (nSPS) is 17.1. The number of aromatic amines is 1. The molecule has 2 aromatic rings. The molecule has 0 saturated carbocycles. The first-order valence-electron chi connectivity index (χ1n) is 8.51. The van der Waals surface area contributed by atoms with E-state index < -0.39 is 12.6 Å². The van der Waals surface area contributed by atoms with Gasteiger partial charge in [-0.3, -0.25) is 5.10 Å². The molecule has 136 valence electrons. The van der Waals surface area contributed by atoms with Crippen molar-refractivity contribution >= 4 is 0 Å². The van der Waals surface area contributed by atoms with Crippen molar-refractivity contribution in [1.29, 1.82) is 0 Å². The predicted molar refractivity (Wildman–Crippen MR) is 87.7 cm³/mol. The summed E-state index contributed by atoms with van der Waals surface area (Å²) in [5, 5.41) is 7.14. The van der Waals surface area contributed by atoms with Crippen LogP contribution in [0, 0.1) is 5.82 Å². The van der Waals surface area contributed by atoms with Gasteiger partial charge in [-0.1, -0.05) is 12.1 Å². The van der Waals surface area contributed by atoms with E-state index in [9.17, 15) is 17.6 Å². The number of H-pyrrole nitrogens is 1. The molecular weight excluding hydrogens is 334 g/mol. The molecule has 0 bridgehead atoms. The van der Waals surface area contributed by atoms with Crippen LogP contribution in [0.4, 0.5) is 17.6 Å². The summed E-state index contributed by atoms with van der Waals surface area (Å²) in [6.45, 7) is 2.01. The van der Waals surface area contributed by atoms with Gasteiger partial charge in [0, 0.05) is 23.6 Å². The third kappa shape index (κ3) is 4.81. The van der Waals surface area contributed by atoms with Gasteiger partial charge in [0.25, 0.3) is 0 Å². The first-order valence-corrected chi connectivity index (χ1v) is 8.51. The van der Waals surface area contributed by atoms with E-state index in [0.29, 0.717) is 6.54 Å². The third-order valence-corrected chi connectivity index (χ3v) is 4.73. The van der Waals surface area contributed by atoms with Gasteiger partial charge in [0.1, 0.15) is 5.82 Å². The molecule has 3 rings (SSSR count). The summed E-state index contributed by atoms with van der Waals surface area (Å²) in [4.78, 5) is 2.08. The average Bonchev–Trinajstić information content (AvgIpc) is 3.04. The number of likely N-dealkylation sites (tertiary alicyclic amines) is 1. The molecule has 0 spiro atoms. The van der Waals surface area contributed by atoms with Crippen molar-refractivity contribution in [1.82, 2.24) is 15.1 Å². The highest BCUT2D eigenvalue weighted by atomic mass is 19.4. The largest absolute Gasteiger partial charge is 0.389 e. The quantitative estimate of drug-likeness (QED) is 0.786. The van der Waals surface area contributed by atoms with Gasteiger partial charge < -0.3 is 4.90 Å². The van der Waals surface area contributed by atoms with E-state index >= 15 is 0 Å². The number of hydrogen-bond acceptors (Lipinski definition) is 2. The number of halogens is 4. The maximum Gasteiger partial charge on any atom is 0.389 e. The van der Waals surface area contributed by atoms with Crippen LogP contribution >= 0.6 is 0 Å². The van der Waals surface area contributed by atoms with Gasteiger partial charge in [-0.25, -0.2) is 4.39 Å². The molecule has 0 radical (unpaired) electrons. The summed E-state index contributed by atoms with van der Waals surface area (Å²) < 4.78 is 50.2. The van der Waals surface area contributed by atoms with Crippen LogP contribution in [0.25, 0.3) is 11.1 Å². The van der Waals surface area contributed by atoms with Crippen molar-refractivity contribution in [3.63, 3.8) is 0 Å². The van der Waals surface area contributed by atoms with Gasteiger partial charge >= 0.3 is 6.18 Å². The fraction of sp³-hybridized carbons (Fsp3) is 0.500. The molecule has 3 nitrogen and oxygen atoms in total. The van der Waals surface area contributed by atoms with Gasteiger partial charge in [0.2, 0.25) is 0 Å². The highest BCUT2D eigenvalue weighted by Gasteiger charge is 2.28. The molecular formula is C18H21F4N3.